The van der Waals surface area contributed by atoms with Crippen LogP contribution in [0.15, 0.2) is 0 Å². The maximum Gasteiger partial charge on any atom is 0.146 e. The average Bonchev–Trinajstić information content (AvgIpc) is 1.98. The molecule has 2 nitrogen and oxygen atoms in total. The van der Waals surface area contributed by atoms with Gasteiger partial charge in [0, 0.05) is 18.6 Å². The van der Waals surface area contributed by atoms with Crippen LogP contribution in [0, 0.1) is 0 Å². The van der Waals surface area contributed by atoms with E-state index in [1.165, 1.54) is 0 Å². The summed E-state index contributed by atoms with van der Waals surface area (Å²) in [6.45, 7) is 12.1. The van der Waals surface area contributed by atoms with Crippen LogP contribution in [-0.2, 0) is 4.43 Å². The fraction of sp³-hybridized carbons (Fsp3) is 1.00. The summed E-state index contributed by atoms with van der Waals surface area (Å²) in [5.74, 6) is 0. The van der Waals surface area contributed by atoms with Crippen molar-refractivity contribution < 1.29 is 4.43 Å². The van der Waals surface area contributed by atoms with E-state index in [9.17, 15) is 0 Å². The van der Waals surface area contributed by atoms with E-state index < -0.39 is 0 Å². The highest BCUT2D eigenvalue weighted by molar-refractivity contribution is 5.98. The van der Waals surface area contributed by atoms with E-state index >= 15 is 0 Å². The minimum atomic E-state index is 0.390. The molecule has 0 saturated carbocycles. The van der Waals surface area contributed by atoms with Gasteiger partial charge in [-0.05, 0) is 34.6 Å². The van der Waals surface area contributed by atoms with Gasteiger partial charge in [-0.15, -0.1) is 0 Å². The van der Waals surface area contributed by atoms with Crippen LogP contribution in [0.25, 0.3) is 0 Å². The van der Waals surface area contributed by atoms with Crippen LogP contribution >= 0.6 is 0 Å². The molecule has 0 amide bonds. The molecule has 74 valence electrons. The molecular formula is C9H23NOSi. The Morgan fingerprint density at radius 3 is 1.75 bits per heavy atom. The molecule has 0 aliphatic rings. The van der Waals surface area contributed by atoms with Crippen molar-refractivity contribution in [3.8, 4) is 0 Å². The molecule has 12 heavy (non-hydrogen) atoms. The first kappa shape index (κ1) is 12.1. The largest absolute Gasteiger partial charge is 0.424 e. The molecule has 0 aromatic rings. The van der Waals surface area contributed by atoms with Crippen molar-refractivity contribution in [1.82, 2.24) is 4.90 Å². The minimum Gasteiger partial charge on any atom is -0.424 e. The summed E-state index contributed by atoms with van der Waals surface area (Å²) in [6, 6.07) is 1.23. The summed E-state index contributed by atoms with van der Waals surface area (Å²) in [6.07, 6.45) is 0.390. The van der Waals surface area contributed by atoms with Crippen molar-refractivity contribution >= 4 is 10.5 Å². The Bertz CT molecular complexity index is 109. The molecule has 0 heterocycles. The lowest BCUT2D eigenvalue weighted by molar-refractivity contribution is 0.105. The first-order chi connectivity index (χ1) is 5.49. The minimum absolute atomic E-state index is 0.390. The SMILES string of the molecule is CC(CN(C(C)C)C(C)C)O[SiH3]. The van der Waals surface area contributed by atoms with Gasteiger partial charge in [0.2, 0.25) is 0 Å². The van der Waals surface area contributed by atoms with E-state index in [1.807, 2.05) is 0 Å². The summed E-state index contributed by atoms with van der Waals surface area (Å²) in [5.41, 5.74) is 0. The second-order valence-corrected chi connectivity index (χ2v) is 4.40. The van der Waals surface area contributed by atoms with E-state index in [4.69, 9.17) is 4.43 Å². The van der Waals surface area contributed by atoms with E-state index in [-0.39, 0.29) is 0 Å². The summed E-state index contributed by atoms with van der Waals surface area (Å²) in [7, 11) is 0.843. The quantitative estimate of drug-likeness (QED) is 0.593. The van der Waals surface area contributed by atoms with Crippen molar-refractivity contribution in [2.75, 3.05) is 6.54 Å². The van der Waals surface area contributed by atoms with Gasteiger partial charge in [0.25, 0.3) is 0 Å². The second-order valence-electron chi connectivity index (χ2n) is 3.93. The molecule has 0 fully saturated rings. The number of hydrogen-bond acceptors (Lipinski definition) is 2. The van der Waals surface area contributed by atoms with Gasteiger partial charge in [-0.1, -0.05) is 0 Å². The summed E-state index contributed by atoms with van der Waals surface area (Å²) in [4.78, 5) is 2.46. The Morgan fingerprint density at radius 2 is 1.50 bits per heavy atom. The predicted octanol–water partition coefficient (Wildman–Crippen LogP) is 0.791. The first-order valence-corrected chi connectivity index (χ1v) is 5.59. The lowest BCUT2D eigenvalue weighted by Gasteiger charge is -2.32. The molecular weight excluding hydrogens is 166 g/mol. The highest BCUT2D eigenvalue weighted by Gasteiger charge is 2.15. The Hall–Kier alpha value is 0.137. The normalized spacial score (nSPS) is 15.0. The molecule has 1 unspecified atom stereocenters. The van der Waals surface area contributed by atoms with Gasteiger partial charge in [-0.25, -0.2) is 0 Å². The molecule has 0 rings (SSSR count). The lowest BCUT2D eigenvalue weighted by Crippen LogP contribution is -2.41. The van der Waals surface area contributed by atoms with Crippen molar-refractivity contribution in [2.45, 2.75) is 52.8 Å². The zero-order chi connectivity index (χ0) is 9.72. The topological polar surface area (TPSA) is 12.5 Å². The summed E-state index contributed by atoms with van der Waals surface area (Å²) >= 11 is 0. The molecule has 3 heteroatoms. The third-order valence-electron chi connectivity index (χ3n) is 2.20. The van der Waals surface area contributed by atoms with Gasteiger partial charge in [0.05, 0.1) is 6.10 Å². The molecule has 0 radical (unpaired) electrons. The lowest BCUT2D eigenvalue weighted by atomic mass is 10.2. The standard InChI is InChI=1S/C9H23NOSi/c1-7(2)10(8(3)4)6-9(5)11-12/h7-9H,6H2,1-5,12H3. The number of hydrogen-bond donors (Lipinski definition) is 0. The molecule has 1 atom stereocenters. The van der Waals surface area contributed by atoms with E-state index in [2.05, 4.69) is 39.5 Å². The molecule has 0 aromatic heterocycles. The van der Waals surface area contributed by atoms with Crippen molar-refractivity contribution in [3.05, 3.63) is 0 Å². The summed E-state index contributed by atoms with van der Waals surface area (Å²) < 4.78 is 5.38. The Labute approximate surface area is 79.8 Å². The fourth-order valence-electron chi connectivity index (χ4n) is 1.39. The van der Waals surface area contributed by atoms with E-state index in [1.54, 1.807) is 0 Å². The number of rotatable bonds is 5. The van der Waals surface area contributed by atoms with Crippen molar-refractivity contribution in [3.63, 3.8) is 0 Å². The van der Waals surface area contributed by atoms with Gasteiger partial charge < -0.3 is 4.43 Å². The molecule has 0 aromatic carbocycles. The van der Waals surface area contributed by atoms with Crippen LogP contribution in [0.4, 0.5) is 0 Å². The summed E-state index contributed by atoms with van der Waals surface area (Å²) in [5, 5.41) is 0. The van der Waals surface area contributed by atoms with Crippen LogP contribution in [0.1, 0.15) is 34.6 Å². The highest BCUT2D eigenvalue weighted by Crippen LogP contribution is 2.06. The molecule has 0 aliphatic carbocycles. The predicted molar refractivity (Wildman–Crippen MR) is 57.5 cm³/mol. The fourth-order valence-corrected chi connectivity index (χ4v) is 1.54. The van der Waals surface area contributed by atoms with E-state index in [0.717, 1.165) is 17.0 Å². The first-order valence-electron chi connectivity index (χ1n) is 4.77. The zero-order valence-corrected chi connectivity index (χ0v) is 11.3. The maximum atomic E-state index is 5.38. The van der Waals surface area contributed by atoms with Gasteiger partial charge in [-0.3, -0.25) is 4.90 Å². The van der Waals surface area contributed by atoms with Gasteiger partial charge in [0.1, 0.15) is 10.5 Å². The van der Waals surface area contributed by atoms with Crippen molar-refractivity contribution in [1.29, 1.82) is 0 Å². The van der Waals surface area contributed by atoms with Crippen LogP contribution in [0.2, 0.25) is 0 Å². The van der Waals surface area contributed by atoms with E-state index in [0.29, 0.717) is 18.2 Å². The molecule has 0 saturated heterocycles. The average molecular weight is 189 g/mol. The molecule has 0 bridgehead atoms. The zero-order valence-electron chi connectivity index (χ0n) is 9.29. The third kappa shape index (κ3) is 4.23. The monoisotopic (exact) mass is 189 g/mol. The highest BCUT2D eigenvalue weighted by atomic mass is 28.2. The van der Waals surface area contributed by atoms with Crippen LogP contribution in [-0.4, -0.2) is 40.1 Å². The van der Waals surface area contributed by atoms with Gasteiger partial charge in [-0.2, -0.15) is 0 Å². The molecule has 0 N–H and O–H groups in total. The Kier molecular flexibility index (Phi) is 5.79. The van der Waals surface area contributed by atoms with Crippen LogP contribution < -0.4 is 0 Å². The van der Waals surface area contributed by atoms with Crippen LogP contribution in [0.3, 0.4) is 0 Å². The molecule has 0 spiro atoms. The van der Waals surface area contributed by atoms with Gasteiger partial charge >= 0.3 is 0 Å². The smallest absolute Gasteiger partial charge is 0.146 e. The van der Waals surface area contributed by atoms with Crippen molar-refractivity contribution in [2.24, 2.45) is 0 Å². The Morgan fingerprint density at radius 1 is 1.08 bits per heavy atom. The Balaban J connectivity index is 3.95. The van der Waals surface area contributed by atoms with Gasteiger partial charge in [0.15, 0.2) is 0 Å². The maximum absolute atomic E-state index is 5.38. The van der Waals surface area contributed by atoms with Crippen LogP contribution in [0.5, 0.6) is 0 Å². The second kappa shape index (κ2) is 5.73. The molecule has 0 aliphatic heterocycles. The number of nitrogens with zero attached hydrogens (tertiary/aromatic N) is 1. The third-order valence-corrected chi connectivity index (χ3v) is 3.00.